The summed E-state index contributed by atoms with van der Waals surface area (Å²) in [6.45, 7) is 2.06. The van der Waals surface area contributed by atoms with Crippen molar-refractivity contribution in [3.05, 3.63) is 52.5 Å². The third-order valence-corrected chi connectivity index (χ3v) is 4.69. The van der Waals surface area contributed by atoms with E-state index in [0.717, 1.165) is 10.5 Å². The lowest BCUT2D eigenvalue weighted by Crippen LogP contribution is -2.42. The van der Waals surface area contributed by atoms with Gasteiger partial charge < -0.3 is 9.47 Å². The van der Waals surface area contributed by atoms with Gasteiger partial charge in [0.25, 0.3) is 5.91 Å². The standard InChI is InChI=1S/C17H15ClN2O4S/c1-10-2-4-12(5-3-10)25-8-15(21)19-20-17(22)11-6-13(18)16-14(7-11)23-9-24-16/h2-7H,8-9H2,1H3,(H,19,21)(H,20,22). The summed E-state index contributed by atoms with van der Waals surface area (Å²) in [7, 11) is 0. The molecule has 0 saturated heterocycles. The second-order valence-electron chi connectivity index (χ2n) is 5.30. The van der Waals surface area contributed by atoms with Crippen LogP contribution in [0.4, 0.5) is 0 Å². The van der Waals surface area contributed by atoms with Gasteiger partial charge in [0.15, 0.2) is 11.5 Å². The molecule has 0 saturated carbocycles. The molecular weight excluding hydrogens is 364 g/mol. The van der Waals surface area contributed by atoms with Gasteiger partial charge in [-0.05, 0) is 31.2 Å². The molecule has 0 aromatic heterocycles. The zero-order valence-corrected chi connectivity index (χ0v) is 14.9. The Bertz CT molecular complexity index is 811. The lowest BCUT2D eigenvalue weighted by atomic mass is 10.2. The topological polar surface area (TPSA) is 76.7 Å². The fourth-order valence-corrected chi connectivity index (χ4v) is 3.08. The van der Waals surface area contributed by atoms with E-state index in [4.69, 9.17) is 21.1 Å². The Kier molecular flexibility index (Phi) is 5.35. The number of benzene rings is 2. The van der Waals surface area contributed by atoms with Crippen LogP contribution in [0.2, 0.25) is 5.02 Å². The number of hydrazine groups is 1. The highest BCUT2D eigenvalue weighted by molar-refractivity contribution is 8.00. The van der Waals surface area contributed by atoms with Gasteiger partial charge in [-0.15, -0.1) is 11.8 Å². The number of aryl methyl sites for hydroxylation is 1. The van der Waals surface area contributed by atoms with E-state index in [1.165, 1.54) is 23.9 Å². The Labute approximate surface area is 153 Å². The number of carbonyl (C=O) groups excluding carboxylic acids is 2. The van der Waals surface area contributed by atoms with Crippen molar-refractivity contribution in [2.75, 3.05) is 12.5 Å². The number of nitrogens with one attached hydrogen (secondary N) is 2. The van der Waals surface area contributed by atoms with Crippen molar-refractivity contribution in [2.24, 2.45) is 0 Å². The van der Waals surface area contributed by atoms with Crippen molar-refractivity contribution in [3.63, 3.8) is 0 Å². The van der Waals surface area contributed by atoms with Crippen LogP contribution in [0.25, 0.3) is 0 Å². The fraction of sp³-hybridized carbons (Fsp3) is 0.176. The first-order valence-corrected chi connectivity index (χ1v) is 8.77. The van der Waals surface area contributed by atoms with Crippen molar-refractivity contribution >= 4 is 35.2 Å². The molecule has 0 aliphatic carbocycles. The lowest BCUT2D eigenvalue weighted by Gasteiger charge is -2.08. The highest BCUT2D eigenvalue weighted by Gasteiger charge is 2.20. The first-order valence-electron chi connectivity index (χ1n) is 7.41. The largest absolute Gasteiger partial charge is 0.454 e. The Balaban J connectivity index is 1.51. The molecule has 6 nitrogen and oxygen atoms in total. The minimum atomic E-state index is -0.492. The number of ether oxygens (including phenoxy) is 2. The summed E-state index contributed by atoms with van der Waals surface area (Å²) in [6, 6.07) is 10.8. The molecule has 0 fully saturated rings. The zero-order chi connectivity index (χ0) is 17.8. The number of carbonyl (C=O) groups is 2. The number of thioether (sulfide) groups is 1. The normalized spacial score (nSPS) is 11.9. The molecule has 0 bridgehead atoms. The van der Waals surface area contributed by atoms with E-state index >= 15 is 0 Å². The molecule has 3 rings (SSSR count). The van der Waals surface area contributed by atoms with Crippen LogP contribution < -0.4 is 20.3 Å². The van der Waals surface area contributed by atoms with Crippen LogP contribution >= 0.6 is 23.4 Å². The molecule has 2 N–H and O–H groups in total. The molecule has 1 aliphatic rings. The van der Waals surface area contributed by atoms with Gasteiger partial charge in [-0.25, -0.2) is 0 Å². The molecule has 25 heavy (non-hydrogen) atoms. The maximum Gasteiger partial charge on any atom is 0.269 e. The monoisotopic (exact) mass is 378 g/mol. The highest BCUT2D eigenvalue weighted by atomic mass is 35.5. The van der Waals surface area contributed by atoms with Crippen molar-refractivity contribution in [3.8, 4) is 11.5 Å². The molecule has 1 aliphatic heterocycles. The summed E-state index contributed by atoms with van der Waals surface area (Å²) in [6.07, 6.45) is 0. The number of rotatable bonds is 4. The summed E-state index contributed by atoms with van der Waals surface area (Å²) >= 11 is 7.42. The highest BCUT2D eigenvalue weighted by Crippen LogP contribution is 2.39. The number of hydrogen-bond donors (Lipinski definition) is 2. The third-order valence-electron chi connectivity index (χ3n) is 3.40. The second-order valence-corrected chi connectivity index (χ2v) is 6.75. The molecule has 0 atom stereocenters. The van der Waals surface area contributed by atoms with Gasteiger partial charge in [0.1, 0.15) is 0 Å². The molecule has 2 aromatic rings. The van der Waals surface area contributed by atoms with Crippen LogP contribution in [0.15, 0.2) is 41.3 Å². The molecule has 0 unspecified atom stereocenters. The summed E-state index contributed by atoms with van der Waals surface area (Å²) < 4.78 is 10.4. The number of hydrogen-bond acceptors (Lipinski definition) is 5. The van der Waals surface area contributed by atoms with Crippen LogP contribution in [0.5, 0.6) is 11.5 Å². The number of amides is 2. The van der Waals surface area contributed by atoms with Gasteiger partial charge in [-0.2, -0.15) is 0 Å². The Hall–Kier alpha value is -2.38. The minimum Gasteiger partial charge on any atom is -0.454 e. The van der Waals surface area contributed by atoms with Crippen LogP contribution in [-0.2, 0) is 4.79 Å². The Morgan fingerprint density at radius 2 is 1.92 bits per heavy atom. The van der Waals surface area contributed by atoms with E-state index in [1.54, 1.807) is 0 Å². The summed E-state index contributed by atoms with van der Waals surface area (Å²) in [4.78, 5) is 25.0. The first-order chi connectivity index (χ1) is 12.0. The Morgan fingerprint density at radius 3 is 2.68 bits per heavy atom. The molecule has 1 heterocycles. The lowest BCUT2D eigenvalue weighted by molar-refractivity contribution is -0.119. The average Bonchev–Trinajstić information content (AvgIpc) is 3.08. The van der Waals surface area contributed by atoms with Gasteiger partial charge in [-0.1, -0.05) is 29.3 Å². The molecule has 130 valence electrons. The predicted molar refractivity (Wildman–Crippen MR) is 95.1 cm³/mol. The van der Waals surface area contributed by atoms with Crippen molar-refractivity contribution in [2.45, 2.75) is 11.8 Å². The van der Waals surface area contributed by atoms with Gasteiger partial charge in [0.2, 0.25) is 12.7 Å². The number of fused-ring (bicyclic) bond motifs is 1. The smallest absolute Gasteiger partial charge is 0.269 e. The van der Waals surface area contributed by atoms with Gasteiger partial charge in [0, 0.05) is 10.5 Å². The van der Waals surface area contributed by atoms with E-state index in [-0.39, 0.29) is 29.0 Å². The third kappa shape index (κ3) is 4.37. The minimum absolute atomic E-state index is 0.0626. The molecule has 0 radical (unpaired) electrons. The Morgan fingerprint density at radius 1 is 1.16 bits per heavy atom. The predicted octanol–water partition coefficient (Wildman–Crippen LogP) is 2.93. The van der Waals surface area contributed by atoms with Crippen LogP contribution in [-0.4, -0.2) is 24.4 Å². The second kappa shape index (κ2) is 7.67. The molecular formula is C17H15ClN2O4S. The number of halogens is 1. The fourth-order valence-electron chi connectivity index (χ4n) is 2.12. The van der Waals surface area contributed by atoms with Crippen LogP contribution in [0, 0.1) is 6.92 Å². The van der Waals surface area contributed by atoms with Gasteiger partial charge in [-0.3, -0.25) is 20.4 Å². The average molecular weight is 379 g/mol. The van der Waals surface area contributed by atoms with Crippen LogP contribution in [0.1, 0.15) is 15.9 Å². The summed E-state index contributed by atoms with van der Waals surface area (Å²) in [5, 5.41) is 0.279. The van der Waals surface area contributed by atoms with Crippen molar-refractivity contribution < 1.29 is 19.1 Å². The van der Waals surface area contributed by atoms with Gasteiger partial charge >= 0.3 is 0 Å². The SMILES string of the molecule is Cc1ccc(SCC(=O)NNC(=O)c2cc(Cl)c3c(c2)OCO3)cc1. The van der Waals surface area contributed by atoms with E-state index < -0.39 is 5.91 Å². The molecule has 0 spiro atoms. The summed E-state index contributed by atoms with van der Waals surface area (Å²) in [5.41, 5.74) is 6.15. The van der Waals surface area contributed by atoms with E-state index in [1.807, 2.05) is 31.2 Å². The zero-order valence-electron chi connectivity index (χ0n) is 13.3. The van der Waals surface area contributed by atoms with Crippen molar-refractivity contribution in [1.29, 1.82) is 0 Å². The van der Waals surface area contributed by atoms with Crippen molar-refractivity contribution in [1.82, 2.24) is 10.9 Å². The maximum absolute atomic E-state index is 12.1. The molecule has 8 heteroatoms. The summed E-state index contributed by atoms with van der Waals surface area (Å²) in [5.74, 6) is 0.195. The molecule has 2 amide bonds. The van der Waals surface area contributed by atoms with Crippen LogP contribution in [0.3, 0.4) is 0 Å². The van der Waals surface area contributed by atoms with E-state index in [0.29, 0.717) is 11.5 Å². The first kappa shape index (κ1) is 17.4. The van der Waals surface area contributed by atoms with E-state index in [2.05, 4.69) is 10.9 Å². The molecule has 2 aromatic carbocycles. The quantitative estimate of drug-likeness (QED) is 0.632. The van der Waals surface area contributed by atoms with E-state index in [9.17, 15) is 9.59 Å². The van der Waals surface area contributed by atoms with Gasteiger partial charge in [0.05, 0.1) is 10.8 Å². The maximum atomic E-state index is 12.1.